The fraction of sp³-hybridized carbons (Fsp3) is 1.00. The van der Waals surface area contributed by atoms with Gasteiger partial charge in [-0.3, -0.25) is 0 Å². The quantitative estimate of drug-likeness (QED) is 0.775. The van der Waals surface area contributed by atoms with Gasteiger partial charge in [-0.25, -0.2) is 0 Å². The van der Waals surface area contributed by atoms with Crippen LogP contribution < -0.4 is 5.32 Å². The average Bonchev–Trinajstić information content (AvgIpc) is 2.91. The number of hydrogen-bond acceptors (Lipinski definition) is 3. The van der Waals surface area contributed by atoms with Crippen molar-refractivity contribution in [3.05, 3.63) is 0 Å². The summed E-state index contributed by atoms with van der Waals surface area (Å²) in [7, 11) is 1.82. The highest BCUT2D eigenvalue weighted by Gasteiger charge is 2.41. The highest BCUT2D eigenvalue weighted by atomic mass is 16.5. The van der Waals surface area contributed by atoms with E-state index in [2.05, 4.69) is 19.2 Å². The van der Waals surface area contributed by atoms with Crippen LogP contribution in [0.3, 0.4) is 0 Å². The van der Waals surface area contributed by atoms with E-state index in [1.54, 1.807) is 0 Å². The molecule has 118 valence electrons. The molecular weight excluding hydrogens is 250 g/mol. The Morgan fingerprint density at radius 1 is 1.35 bits per heavy atom. The number of hydrogen-bond donors (Lipinski definition) is 1. The Labute approximate surface area is 124 Å². The first-order valence-corrected chi connectivity index (χ1v) is 8.59. The van der Waals surface area contributed by atoms with Gasteiger partial charge in [-0.15, -0.1) is 0 Å². The summed E-state index contributed by atoms with van der Waals surface area (Å²) in [6.45, 7) is 6.50. The highest BCUT2D eigenvalue weighted by Crippen LogP contribution is 2.43. The fourth-order valence-electron chi connectivity index (χ4n) is 4.00. The minimum atomic E-state index is 0.228. The maximum Gasteiger partial charge on any atom is 0.0685 e. The lowest BCUT2D eigenvalue weighted by molar-refractivity contribution is -0.0999. The van der Waals surface area contributed by atoms with Crippen LogP contribution in [0.25, 0.3) is 0 Å². The standard InChI is InChI=1S/C17H33NO2/c1-4-10-18-16(12-14(2)19-3)15-7-11-20-17(13-15)8-5-6-9-17/h14-16,18H,4-13H2,1-3H3. The third-order valence-corrected chi connectivity index (χ3v) is 5.26. The highest BCUT2D eigenvalue weighted by molar-refractivity contribution is 4.94. The third-order valence-electron chi connectivity index (χ3n) is 5.26. The van der Waals surface area contributed by atoms with Crippen LogP contribution in [0, 0.1) is 5.92 Å². The van der Waals surface area contributed by atoms with Crippen LogP contribution in [0.4, 0.5) is 0 Å². The van der Waals surface area contributed by atoms with Crippen LogP contribution in [0.5, 0.6) is 0 Å². The van der Waals surface area contributed by atoms with Gasteiger partial charge in [0.2, 0.25) is 0 Å². The number of nitrogens with one attached hydrogen (secondary N) is 1. The summed E-state index contributed by atoms with van der Waals surface area (Å²) in [5.41, 5.74) is 0.228. The molecule has 2 rings (SSSR count). The molecule has 20 heavy (non-hydrogen) atoms. The summed E-state index contributed by atoms with van der Waals surface area (Å²) >= 11 is 0. The normalized spacial score (nSPS) is 28.6. The van der Waals surface area contributed by atoms with Gasteiger partial charge in [-0.1, -0.05) is 19.8 Å². The smallest absolute Gasteiger partial charge is 0.0685 e. The maximum atomic E-state index is 6.18. The van der Waals surface area contributed by atoms with E-state index >= 15 is 0 Å². The molecule has 0 radical (unpaired) electrons. The van der Waals surface area contributed by atoms with Gasteiger partial charge in [0, 0.05) is 19.8 Å². The Hall–Kier alpha value is -0.120. The third kappa shape index (κ3) is 4.19. The lowest BCUT2D eigenvalue weighted by Crippen LogP contribution is -2.47. The van der Waals surface area contributed by atoms with Crippen LogP contribution in [0.1, 0.15) is 65.2 Å². The van der Waals surface area contributed by atoms with Crippen LogP contribution in [-0.2, 0) is 9.47 Å². The first-order valence-electron chi connectivity index (χ1n) is 8.59. The molecule has 3 atom stereocenters. The predicted molar refractivity (Wildman–Crippen MR) is 83.0 cm³/mol. The lowest BCUT2D eigenvalue weighted by atomic mass is 9.79. The van der Waals surface area contributed by atoms with Gasteiger partial charge in [-0.2, -0.15) is 0 Å². The van der Waals surface area contributed by atoms with Gasteiger partial charge in [0.15, 0.2) is 0 Å². The molecule has 0 bridgehead atoms. The molecule has 1 spiro atoms. The lowest BCUT2D eigenvalue weighted by Gasteiger charge is -2.42. The average molecular weight is 283 g/mol. The zero-order valence-electron chi connectivity index (χ0n) is 13.6. The maximum absolute atomic E-state index is 6.18. The Morgan fingerprint density at radius 2 is 2.10 bits per heavy atom. The largest absolute Gasteiger partial charge is 0.382 e. The van der Waals surface area contributed by atoms with E-state index in [1.165, 1.54) is 44.9 Å². The molecule has 1 aliphatic heterocycles. The first kappa shape index (κ1) is 16.3. The van der Waals surface area contributed by atoms with Gasteiger partial charge < -0.3 is 14.8 Å². The Bertz CT molecular complexity index is 276. The minimum Gasteiger partial charge on any atom is -0.382 e. The summed E-state index contributed by atoms with van der Waals surface area (Å²) in [5, 5.41) is 3.78. The Balaban J connectivity index is 1.95. The number of rotatable bonds is 7. The van der Waals surface area contributed by atoms with Gasteiger partial charge in [0.1, 0.15) is 0 Å². The van der Waals surface area contributed by atoms with Crippen LogP contribution in [0.2, 0.25) is 0 Å². The number of methoxy groups -OCH3 is 1. The number of ether oxygens (including phenoxy) is 2. The molecule has 1 heterocycles. The second-order valence-electron chi connectivity index (χ2n) is 6.83. The Kier molecular flexibility index (Phi) is 6.31. The molecule has 2 aliphatic rings. The molecule has 3 nitrogen and oxygen atoms in total. The van der Waals surface area contributed by atoms with Crippen LogP contribution >= 0.6 is 0 Å². The van der Waals surface area contributed by atoms with Crippen molar-refractivity contribution < 1.29 is 9.47 Å². The summed E-state index contributed by atoms with van der Waals surface area (Å²) in [5.74, 6) is 0.756. The van der Waals surface area contributed by atoms with E-state index in [-0.39, 0.29) is 5.60 Å². The van der Waals surface area contributed by atoms with Gasteiger partial charge in [-0.05, 0) is 57.9 Å². The topological polar surface area (TPSA) is 30.5 Å². The molecule has 0 amide bonds. The fourth-order valence-corrected chi connectivity index (χ4v) is 4.00. The van der Waals surface area contributed by atoms with Crippen molar-refractivity contribution in [2.45, 2.75) is 83.0 Å². The molecule has 0 aromatic heterocycles. The molecule has 1 aliphatic carbocycles. The van der Waals surface area contributed by atoms with Crippen LogP contribution in [-0.4, -0.2) is 38.0 Å². The summed E-state index contributed by atoms with van der Waals surface area (Å²) in [6, 6.07) is 0.589. The predicted octanol–water partition coefficient (Wildman–Crippen LogP) is 3.52. The van der Waals surface area contributed by atoms with E-state index in [0.717, 1.165) is 25.5 Å². The van der Waals surface area contributed by atoms with E-state index in [9.17, 15) is 0 Å². The minimum absolute atomic E-state index is 0.228. The Morgan fingerprint density at radius 3 is 2.75 bits per heavy atom. The monoisotopic (exact) mass is 283 g/mol. The van der Waals surface area contributed by atoms with Crippen molar-refractivity contribution in [1.29, 1.82) is 0 Å². The van der Waals surface area contributed by atoms with E-state index in [1.807, 2.05) is 7.11 Å². The molecule has 0 aromatic rings. The molecule has 2 fully saturated rings. The SMILES string of the molecule is CCCNC(CC(C)OC)C1CCOC2(CCCC2)C1. The molecule has 1 saturated carbocycles. The molecule has 0 aromatic carbocycles. The molecule has 1 N–H and O–H groups in total. The molecular formula is C17H33NO2. The van der Waals surface area contributed by atoms with Gasteiger partial charge in [0.05, 0.1) is 11.7 Å². The van der Waals surface area contributed by atoms with Crippen molar-refractivity contribution in [2.75, 3.05) is 20.3 Å². The zero-order valence-corrected chi connectivity index (χ0v) is 13.6. The molecule has 3 heteroatoms. The second-order valence-corrected chi connectivity index (χ2v) is 6.83. The van der Waals surface area contributed by atoms with Crippen LogP contribution in [0.15, 0.2) is 0 Å². The molecule has 1 saturated heterocycles. The van der Waals surface area contributed by atoms with Crippen molar-refractivity contribution in [3.63, 3.8) is 0 Å². The van der Waals surface area contributed by atoms with Crippen molar-refractivity contribution in [1.82, 2.24) is 5.32 Å². The van der Waals surface area contributed by atoms with E-state index < -0.39 is 0 Å². The zero-order chi connectivity index (χ0) is 14.4. The second kappa shape index (κ2) is 7.77. The van der Waals surface area contributed by atoms with Gasteiger partial charge in [0.25, 0.3) is 0 Å². The van der Waals surface area contributed by atoms with E-state index in [4.69, 9.17) is 9.47 Å². The molecule has 3 unspecified atom stereocenters. The first-order chi connectivity index (χ1) is 9.69. The summed E-state index contributed by atoms with van der Waals surface area (Å²) < 4.78 is 11.7. The van der Waals surface area contributed by atoms with Crippen molar-refractivity contribution in [3.8, 4) is 0 Å². The van der Waals surface area contributed by atoms with Crippen molar-refractivity contribution >= 4 is 0 Å². The van der Waals surface area contributed by atoms with Crippen molar-refractivity contribution in [2.24, 2.45) is 5.92 Å². The summed E-state index contributed by atoms with van der Waals surface area (Å²) in [4.78, 5) is 0. The van der Waals surface area contributed by atoms with Gasteiger partial charge >= 0.3 is 0 Å². The van der Waals surface area contributed by atoms with E-state index in [0.29, 0.717) is 12.1 Å². The summed E-state index contributed by atoms with van der Waals surface area (Å²) in [6.07, 6.45) is 10.4.